The molecule has 3 rings (SSSR count). The average Bonchev–Trinajstić information content (AvgIpc) is 2.68. The Morgan fingerprint density at radius 2 is 1.62 bits per heavy atom. The van der Waals surface area contributed by atoms with Gasteiger partial charge in [0.15, 0.2) is 0 Å². The molecule has 1 aliphatic rings. The van der Waals surface area contributed by atoms with Gasteiger partial charge in [-0.2, -0.15) is 0 Å². The molecule has 1 fully saturated rings. The molecular weight excluding hydrogens is 334 g/mol. The molecule has 0 unspecified atom stereocenters. The van der Waals surface area contributed by atoms with Gasteiger partial charge >= 0.3 is 5.97 Å². The lowest BCUT2D eigenvalue weighted by Crippen LogP contribution is -2.47. The van der Waals surface area contributed by atoms with Crippen LogP contribution in [0.5, 0.6) is 0 Å². The van der Waals surface area contributed by atoms with Gasteiger partial charge in [0, 0.05) is 56.4 Å². The Morgan fingerprint density at radius 3 is 2.23 bits per heavy atom. The number of rotatable bonds is 6. The lowest BCUT2D eigenvalue weighted by Gasteiger charge is -2.36. The van der Waals surface area contributed by atoms with E-state index < -0.39 is 5.97 Å². The minimum atomic E-state index is -0.930. The molecule has 8 nitrogen and oxygen atoms in total. The SMILES string of the molecule is O=C(O)CCNC(=O)c1ccc(N2CCN(c3ncccn3)CC2)cc1. The van der Waals surface area contributed by atoms with Crippen LogP contribution >= 0.6 is 0 Å². The standard InChI is InChI=1S/C18H21N5O3/c24-16(25)6-9-19-17(26)14-2-4-15(5-3-14)22-10-12-23(13-11-22)18-20-7-1-8-21-18/h1-5,7-8H,6,9-13H2,(H,19,26)(H,24,25). The summed E-state index contributed by atoms with van der Waals surface area (Å²) in [4.78, 5) is 35.4. The molecular formula is C18H21N5O3. The minimum Gasteiger partial charge on any atom is -0.481 e. The largest absolute Gasteiger partial charge is 0.481 e. The van der Waals surface area contributed by atoms with Crippen LogP contribution in [-0.2, 0) is 4.79 Å². The summed E-state index contributed by atoms with van der Waals surface area (Å²) in [5.41, 5.74) is 1.58. The first-order valence-corrected chi connectivity index (χ1v) is 8.50. The Balaban J connectivity index is 1.53. The Kier molecular flexibility index (Phi) is 5.62. The minimum absolute atomic E-state index is 0.0841. The number of nitrogens with zero attached hydrogens (tertiary/aromatic N) is 4. The number of carboxylic acids is 1. The number of carbonyl (C=O) groups excluding carboxylic acids is 1. The molecule has 0 saturated carbocycles. The lowest BCUT2D eigenvalue weighted by atomic mass is 10.1. The molecule has 0 spiro atoms. The molecule has 1 saturated heterocycles. The normalized spacial score (nSPS) is 14.2. The zero-order valence-corrected chi connectivity index (χ0v) is 14.3. The second-order valence-electron chi connectivity index (χ2n) is 5.97. The summed E-state index contributed by atoms with van der Waals surface area (Å²) in [7, 11) is 0. The van der Waals surface area contributed by atoms with Crippen molar-refractivity contribution in [3.63, 3.8) is 0 Å². The van der Waals surface area contributed by atoms with Crippen LogP contribution in [0.2, 0.25) is 0 Å². The molecule has 2 N–H and O–H groups in total. The van der Waals surface area contributed by atoms with E-state index in [0.717, 1.165) is 37.8 Å². The third kappa shape index (κ3) is 4.47. The third-order valence-corrected chi connectivity index (χ3v) is 4.23. The van der Waals surface area contributed by atoms with Crippen molar-refractivity contribution in [3.8, 4) is 0 Å². The summed E-state index contributed by atoms with van der Waals surface area (Å²) in [5.74, 6) is -0.440. The molecule has 26 heavy (non-hydrogen) atoms. The van der Waals surface area contributed by atoms with E-state index in [1.807, 2.05) is 12.1 Å². The van der Waals surface area contributed by atoms with E-state index in [4.69, 9.17) is 5.11 Å². The number of hydrogen-bond acceptors (Lipinski definition) is 6. The van der Waals surface area contributed by atoms with Crippen LogP contribution in [-0.4, -0.2) is 59.7 Å². The number of hydrogen-bond donors (Lipinski definition) is 2. The molecule has 136 valence electrons. The highest BCUT2D eigenvalue weighted by atomic mass is 16.4. The number of carboxylic acid groups (broad SMARTS) is 1. The highest BCUT2D eigenvalue weighted by molar-refractivity contribution is 5.94. The van der Waals surface area contributed by atoms with Gasteiger partial charge in [-0.1, -0.05) is 0 Å². The fourth-order valence-electron chi connectivity index (χ4n) is 2.83. The molecule has 1 aromatic heterocycles. The first-order chi connectivity index (χ1) is 12.6. The molecule has 0 aliphatic carbocycles. The van der Waals surface area contributed by atoms with Crippen molar-refractivity contribution in [1.82, 2.24) is 15.3 Å². The molecule has 0 atom stereocenters. The second kappa shape index (κ2) is 8.28. The van der Waals surface area contributed by atoms with Crippen molar-refractivity contribution in [2.24, 2.45) is 0 Å². The highest BCUT2D eigenvalue weighted by Gasteiger charge is 2.19. The zero-order valence-electron chi connectivity index (χ0n) is 14.3. The van der Waals surface area contributed by atoms with Crippen LogP contribution in [0, 0.1) is 0 Å². The van der Waals surface area contributed by atoms with Crippen LogP contribution < -0.4 is 15.1 Å². The van der Waals surface area contributed by atoms with E-state index in [1.54, 1.807) is 30.6 Å². The first-order valence-electron chi connectivity index (χ1n) is 8.50. The van der Waals surface area contributed by atoms with Gasteiger partial charge in [-0.3, -0.25) is 9.59 Å². The van der Waals surface area contributed by atoms with Crippen molar-refractivity contribution >= 4 is 23.5 Å². The van der Waals surface area contributed by atoms with E-state index in [1.165, 1.54) is 0 Å². The zero-order chi connectivity index (χ0) is 18.4. The van der Waals surface area contributed by atoms with E-state index >= 15 is 0 Å². The van der Waals surface area contributed by atoms with Crippen LogP contribution in [0.1, 0.15) is 16.8 Å². The number of aromatic nitrogens is 2. The molecule has 2 heterocycles. The maximum atomic E-state index is 12.0. The van der Waals surface area contributed by atoms with Crippen molar-refractivity contribution < 1.29 is 14.7 Å². The van der Waals surface area contributed by atoms with Gasteiger partial charge in [-0.15, -0.1) is 0 Å². The Morgan fingerprint density at radius 1 is 1.00 bits per heavy atom. The van der Waals surface area contributed by atoms with Crippen LogP contribution in [0.4, 0.5) is 11.6 Å². The highest BCUT2D eigenvalue weighted by Crippen LogP contribution is 2.19. The number of piperazine rings is 1. The fourth-order valence-corrected chi connectivity index (χ4v) is 2.83. The van der Waals surface area contributed by atoms with Crippen molar-refractivity contribution in [1.29, 1.82) is 0 Å². The van der Waals surface area contributed by atoms with Crippen LogP contribution in [0.3, 0.4) is 0 Å². The second-order valence-corrected chi connectivity index (χ2v) is 5.97. The van der Waals surface area contributed by atoms with Gasteiger partial charge in [0.25, 0.3) is 5.91 Å². The Labute approximate surface area is 151 Å². The van der Waals surface area contributed by atoms with E-state index in [0.29, 0.717) is 5.56 Å². The quantitative estimate of drug-likeness (QED) is 0.798. The summed E-state index contributed by atoms with van der Waals surface area (Å²) in [6.07, 6.45) is 3.41. The van der Waals surface area contributed by atoms with Crippen molar-refractivity contribution in [2.45, 2.75) is 6.42 Å². The number of benzene rings is 1. The van der Waals surface area contributed by atoms with Crippen LogP contribution in [0.15, 0.2) is 42.7 Å². The summed E-state index contributed by atoms with van der Waals surface area (Å²) in [5, 5.41) is 11.2. The summed E-state index contributed by atoms with van der Waals surface area (Å²) >= 11 is 0. The number of nitrogens with one attached hydrogen (secondary N) is 1. The fraction of sp³-hybridized carbons (Fsp3) is 0.333. The summed E-state index contributed by atoms with van der Waals surface area (Å²) in [6, 6.07) is 9.16. The van der Waals surface area contributed by atoms with Gasteiger partial charge in [0.05, 0.1) is 6.42 Å². The molecule has 1 aliphatic heterocycles. The van der Waals surface area contributed by atoms with Crippen molar-refractivity contribution in [3.05, 3.63) is 48.3 Å². The number of aliphatic carboxylic acids is 1. The van der Waals surface area contributed by atoms with Gasteiger partial charge in [-0.05, 0) is 30.3 Å². The molecule has 1 amide bonds. The number of amides is 1. The maximum absolute atomic E-state index is 12.0. The van der Waals surface area contributed by atoms with Gasteiger partial charge in [0.1, 0.15) is 0 Å². The number of anilines is 2. The lowest BCUT2D eigenvalue weighted by molar-refractivity contribution is -0.136. The van der Waals surface area contributed by atoms with Crippen LogP contribution in [0.25, 0.3) is 0 Å². The molecule has 8 heteroatoms. The molecule has 2 aromatic rings. The van der Waals surface area contributed by atoms with Gasteiger partial charge < -0.3 is 20.2 Å². The maximum Gasteiger partial charge on any atom is 0.305 e. The monoisotopic (exact) mass is 355 g/mol. The molecule has 1 aromatic carbocycles. The van der Waals surface area contributed by atoms with E-state index in [2.05, 4.69) is 25.1 Å². The Bertz CT molecular complexity index is 743. The summed E-state index contributed by atoms with van der Waals surface area (Å²) in [6.45, 7) is 3.49. The molecule has 0 radical (unpaired) electrons. The van der Waals surface area contributed by atoms with E-state index in [9.17, 15) is 9.59 Å². The first kappa shape index (κ1) is 17.7. The topological polar surface area (TPSA) is 98.7 Å². The third-order valence-electron chi connectivity index (χ3n) is 4.23. The Hall–Kier alpha value is -3.16. The molecule has 0 bridgehead atoms. The average molecular weight is 355 g/mol. The smallest absolute Gasteiger partial charge is 0.305 e. The van der Waals surface area contributed by atoms with E-state index in [-0.39, 0.29) is 18.9 Å². The van der Waals surface area contributed by atoms with Gasteiger partial charge in [0.2, 0.25) is 5.95 Å². The van der Waals surface area contributed by atoms with Crippen molar-refractivity contribution in [2.75, 3.05) is 42.5 Å². The predicted octanol–water partition coefficient (Wildman–Crippen LogP) is 1.01. The summed E-state index contributed by atoms with van der Waals surface area (Å²) < 4.78 is 0. The predicted molar refractivity (Wildman–Crippen MR) is 97.5 cm³/mol. The van der Waals surface area contributed by atoms with Gasteiger partial charge in [-0.25, -0.2) is 9.97 Å². The number of carbonyl (C=O) groups is 2.